The molecule has 1 aliphatic rings. The van der Waals surface area contributed by atoms with Crippen molar-refractivity contribution in [2.24, 2.45) is 0 Å². The van der Waals surface area contributed by atoms with Gasteiger partial charge in [0.15, 0.2) is 0 Å². The standard InChI is InChI=1S/C12H27NO3Si/c1-5-6-9-12(13-10-7-8-11-13)17(14-2,15-3)16-4/h12H,5-11H2,1-4H3. The molecule has 0 spiro atoms. The Morgan fingerprint density at radius 3 is 2.00 bits per heavy atom. The summed E-state index contributed by atoms with van der Waals surface area (Å²) in [4.78, 5) is 2.50. The average molecular weight is 261 g/mol. The van der Waals surface area contributed by atoms with Crippen LogP contribution in [-0.4, -0.2) is 53.8 Å². The zero-order valence-electron chi connectivity index (χ0n) is 11.7. The summed E-state index contributed by atoms with van der Waals surface area (Å²) in [6.45, 7) is 4.52. The van der Waals surface area contributed by atoms with Crippen molar-refractivity contribution in [3.63, 3.8) is 0 Å². The van der Waals surface area contributed by atoms with Gasteiger partial charge in [-0.15, -0.1) is 0 Å². The third kappa shape index (κ3) is 3.51. The highest BCUT2D eigenvalue weighted by Crippen LogP contribution is 2.25. The van der Waals surface area contributed by atoms with Gasteiger partial charge in [-0.1, -0.05) is 19.8 Å². The van der Waals surface area contributed by atoms with Gasteiger partial charge in [-0.05, 0) is 32.4 Å². The molecule has 102 valence electrons. The van der Waals surface area contributed by atoms with E-state index in [9.17, 15) is 0 Å². The van der Waals surface area contributed by atoms with Gasteiger partial charge < -0.3 is 13.3 Å². The first-order chi connectivity index (χ1) is 8.24. The van der Waals surface area contributed by atoms with E-state index in [0.29, 0.717) is 5.67 Å². The predicted molar refractivity (Wildman–Crippen MR) is 70.9 cm³/mol. The van der Waals surface area contributed by atoms with E-state index in [4.69, 9.17) is 13.3 Å². The number of hydrogen-bond acceptors (Lipinski definition) is 4. The molecule has 1 aliphatic heterocycles. The summed E-state index contributed by atoms with van der Waals surface area (Å²) >= 11 is 0. The molecule has 1 atom stereocenters. The highest BCUT2D eigenvalue weighted by atomic mass is 28.4. The van der Waals surface area contributed by atoms with Gasteiger partial charge in [-0.3, -0.25) is 4.90 Å². The number of hydrogen-bond donors (Lipinski definition) is 0. The molecule has 0 aromatic carbocycles. The monoisotopic (exact) mass is 261 g/mol. The van der Waals surface area contributed by atoms with E-state index in [1.54, 1.807) is 21.3 Å². The van der Waals surface area contributed by atoms with Crippen molar-refractivity contribution in [2.75, 3.05) is 34.4 Å². The summed E-state index contributed by atoms with van der Waals surface area (Å²) in [6.07, 6.45) is 6.07. The number of nitrogens with zero attached hydrogens (tertiary/aromatic N) is 1. The summed E-state index contributed by atoms with van der Waals surface area (Å²) in [5, 5.41) is 0. The Labute approximate surface area is 107 Å². The fourth-order valence-corrected chi connectivity index (χ4v) is 5.27. The quantitative estimate of drug-likeness (QED) is 0.626. The van der Waals surface area contributed by atoms with Crippen LogP contribution in [-0.2, 0) is 13.3 Å². The van der Waals surface area contributed by atoms with Crippen LogP contribution in [0, 0.1) is 0 Å². The molecule has 0 aromatic rings. The Morgan fingerprint density at radius 1 is 1.06 bits per heavy atom. The minimum atomic E-state index is -2.52. The maximum absolute atomic E-state index is 5.66. The molecule has 4 nitrogen and oxygen atoms in total. The predicted octanol–water partition coefficient (Wildman–Crippen LogP) is 2.06. The largest absolute Gasteiger partial charge is 0.518 e. The van der Waals surface area contributed by atoms with E-state index in [-0.39, 0.29) is 0 Å². The Kier molecular flexibility index (Phi) is 6.65. The highest BCUT2D eigenvalue weighted by Gasteiger charge is 2.50. The fraction of sp³-hybridized carbons (Fsp3) is 1.00. The van der Waals surface area contributed by atoms with Crippen LogP contribution in [0.4, 0.5) is 0 Å². The van der Waals surface area contributed by atoms with E-state index < -0.39 is 8.80 Å². The molecule has 0 radical (unpaired) electrons. The zero-order chi connectivity index (χ0) is 12.7. The van der Waals surface area contributed by atoms with E-state index in [1.807, 2.05) is 0 Å². The number of unbranched alkanes of at least 4 members (excludes halogenated alkanes) is 1. The van der Waals surface area contributed by atoms with E-state index >= 15 is 0 Å². The smallest absolute Gasteiger partial charge is 0.376 e. The zero-order valence-corrected chi connectivity index (χ0v) is 12.7. The molecule has 0 aromatic heterocycles. The van der Waals surface area contributed by atoms with Crippen LogP contribution < -0.4 is 0 Å². The third-order valence-electron chi connectivity index (χ3n) is 3.67. The molecule has 5 heteroatoms. The van der Waals surface area contributed by atoms with E-state index in [2.05, 4.69) is 11.8 Å². The maximum Gasteiger partial charge on any atom is 0.518 e. The SMILES string of the molecule is CCCCC(N1CCCC1)[Si](OC)(OC)OC. The fourth-order valence-electron chi connectivity index (χ4n) is 2.69. The van der Waals surface area contributed by atoms with Gasteiger partial charge in [0, 0.05) is 21.3 Å². The van der Waals surface area contributed by atoms with Crippen LogP contribution in [0.15, 0.2) is 0 Å². The van der Waals surface area contributed by atoms with Crippen LogP contribution in [0.2, 0.25) is 0 Å². The van der Waals surface area contributed by atoms with Crippen LogP contribution in [0.1, 0.15) is 39.0 Å². The number of rotatable bonds is 8. The van der Waals surface area contributed by atoms with Crippen LogP contribution >= 0.6 is 0 Å². The number of likely N-dealkylation sites (tertiary alicyclic amines) is 1. The van der Waals surface area contributed by atoms with Crippen molar-refractivity contribution >= 4 is 8.80 Å². The normalized spacial score (nSPS) is 19.8. The molecule has 0 amide bonds. The van der Waals surface area contributed by atoms with Crippen molar-refractivity contribution in [3.8, 4) is 0 Å². The first-order valence-corrected chi connectivity index (χ1v) is 8.43. The molecule has 1 fully saturated rings. The Hall–Kier alpha value is 0.0569. The molecule has 1 rings (SSSR count). The Balaban J connectivity index is 2.77. The Morgan fingerprint density at radius 2 is 1.59 bits per heavy atom. The summed E-state index contributed by atoms with van der Waals surface area (Å²) in [5.41, 5.74) is 0.324. The minimum Gasteiger partial charge on any atom is -0.376 e. The van der Waals surface area contributed by atoms with Gasteiger partial charge >= 0.3 is 8.80 Å². The van der Waals surface area contributed by atoms with Crippen molar-refractivity contribution in [3.05, 3.63) is 0 Å². The lowest BCUT2D eigenvalue weighted by Gasteiger charge is -2.37. The molecule has 1 saturated heterocycles. The first kappa shape index (κ1) is 15.1. The van der Waals surface area contributed by atoms with Crippen molar-refractivity contribution in [1.82, 2.24) is 4.90 Å². The summed E-state index contributed by atoms with van der Waals surface area (Å²) in [6, 6.07) is 0. The van der Waals surface area contributed by atoms with Crippen molar-refractivity contribution < 1.29 is 13.3 Å². The Bertz CT molecular complexity index is 198. The van der Waals surface area contributed by atoms with Crippen LogP contribution in [0.5, 0.6) is 0 Å². The second-order valence-electron chi connectivity index (χ2n) is 4.62. The second-order valence-corrected chi connectivity index (χ2v) is 7.72. The summed E-state index contributed by atoms with van der Waals surface area (Å²) < 4.78 is 17.0. The lowest BCUT2D eigenvalue weighted by atomic mass is 10.2. The molecular formula is C12H27NO3Si. The molecular weight excluding hydrogens is 234 g/mol. The van der Waals surface area contributed by atoms with E-state index in [0.717, 1.165) is 19.5 Å². The molecule has 17 heavy (non-hydrogen) atoms. The lowest BCUT2D eigenvalue weighted by molar-refractivity contribution is 0.0775. The van der Waals surface area contributed by atoms with E-state index in [1.165, 1.54) is 25.7 Å². The van der Waals surface area contributed by atoms with Gasteiger partial charge in [0.1, 0.15) is 0 Å². The molecule has 1 unspecified atom stereocenters. The molecule has 0 saturated carbocycles. The van der Waals surface area contributed by atoms with Gasteiger partial charge in [0.2, 0.25) is 0 Å². The van der Waals surface area contributed by atoms with Crippen LogP contribution in [0.25, 0.3) is 0 Å². The second kappa shape index (κ2) is 7.48. The van der Waals surface area contributed by atoms with Crippen LogP contribution in [0.3, 0.4) is 0 Å². The van der Waals surface area contributed by atoms with Crippen molar-refractivity contribution in [2.45, 2.75) is 44.7 Å². The topological polar surface area (TPSA) is 30.9 Å². The summed E-state index contributed by atoms with van der Waals surface area (Å²) in [5.74, 6) is 0. The van der Waals surface area contributed by atoms with Gasteiger partial charge in [0.05, 0.1) is 5.67 Å². The molecule has 0 N–H and O–H groups in total. The highest BCUT2D eigenvalue weighted by molar-refractivity contribution is 6.62. The van der Waals surface area contributed by atoms with Gasteiger partial charge in [0.25, 0.3) is 0 Å². The minimum absolute atomic E-state index is 0.324. The first-order valence-electron chi connectivity index (χ1n) is 6.63. The molecule has 0 aliphatic carbocycles. The molecule has 1 heterocycles. The average Bonchev–Trinajstić information content (AvgIpc) is 2.89. The third-order valence-corrected chi connectivity index (χ3v) is 6.85. The summed E-state index contributed by atoms with van der Waals surface area (Å²) in [7, 11) is 2.63. The maximum atomic E-state index is 5.66. The lowest BCUT2D eigenvalue weighted by Crippen LogP contribution is -2.61. The van der Waals surface area contributed by atoms with Gasteiger partial charge in [-0.2, -0.15) is 0 Å². The van der Waals surface area contributed by atoms with Crippen molar-refractivity contribution in [1.29, 1.82) is 0 Å². The van der Waals surface area contributed by atoms with Gasteiger partial charge in [-0.25, -0.2) is 0 Å². The molecule has 0 bridgehead atoms.